The van der Waals surface area contributed by atoms with E-state index in [9.17, 15) is 0 Å². The van der Waals surface area contributed by atoms with Gasteiger partial charge in [-0.1, -0.05) is 42.5 Å². The van der Waals surface area contributed by atoms with Gasteiger partial charge in [0.05, 0.1) is 13.2 Å². The summed E-state index contributed by atoms with van der Waals surface area (Å²) in [6.07, 6.45) is 0.824. The number of nitrogens with two attached hydrogens (primary N) is 1. The first-order valence-corrected chi connectivity index (χ1v) is 8.08. The molecule has 3 nitrogen and oxygen atoms in total. The topological polar surface area (TPSA) is 44.5 Å². The molecule has 2 N–H and O–H groups in total. The van der Waals surface area contributed by atoms with E-state index in [1.807, 2.05) is 54.6 Å². The third-order valence-electron chi connectivity index (χ3n) is 3.67. The Morgan fingerprint density at radius 1 is 0.583 bits per heavy atom. The molecule has 0 saturated carbocycles. The minimum absolute atomic E-state index is 0.617. The highest BCUT2D eigenvalue weighted by Crippen LogP contribution is 2.22. The fourth-order valence-corrected chi connectivity index (χ4v) is 2.38. The minimum Gasteiger partial charge on any atom is -0.493 e. The van der Waals surface area contributed by atoms with Crippen LogP contribution in [0.1, 0.15) is 6.42 Å². The van der Waals surface area contributed by atoms with Gasteiger partial charge in [-0.25, -0.2) is 0 Å². The van der Waals surface area contributed by atoms with Gasteiger partial charge in [-0.05, 0) is 47.5 Å². The molecule has 0 heterocycles. The number of anilines is 1. The van der Waals surface area contributed by atoms with Gasteiger partial charge in [-0.2, -0.15) is 0 Å². The molecule has 122 valence electrons. The van der Waals surface area contributed by atoms with Gasteiger partial charge in [0.15, 0.2) is 0 Å². The molecule has 3 heteroatoms. The summed E-state index contributed by atoms with van der Waals surface area (Å²) < 4.78 is 11.4. The van der Waals surface area contributed by atoms with Crippen LogP contribution in [0.3, 0.4) is 0 Å². The average Bonchev–Trinajstić information content (AvgIpc) is 2.64. The van der Waals surface area contributed by atoms with Crippen LogP contribution in [0.25, 0.3) is 11.1 Å². The molecule has 0 aromatic heterocycles. The Morgan fingerprint density at radius 3 is 1.67 bits per heavy atom. The van der Waals surface area contributed by atoms with Crippen molar-refractivity contribution in [3.63, 3.8) is 0 Å². The molecule has 0 unspecified atom stereocenters. The van der Waals surface area contributed by atoms with E-state index in [1.165, 1.54) is 11.1 Å². The SMILES string of the molecule is Nc1ccc(OCCCOc2ccc(-c3ccccc3)cc2)cc1. The Morgan fingerprint density at radius 2 is 1.08 bits per heavy atom. The van der Waals surface area contributed by atoms with Crippen molar-refractivity contribution in [2.24, 2.45) is 0 Å². The highest BCUT2D eigenvalue weighted by Gasteiger charge is 1.99. The summed E-state index contributed by atoms with van der Waals surface area (Å²) in [5.41, 5.74) is 8.78. The summed E-state index contributed by atoms with van der Waals surface area (Å²) in [7, 11) is 0. The van der Waals surface area contributed by atoms with Crippen LogP contribution < -0.4 is 15.2 Å². The van der Waals surface area contributed by atoms with Gasteiger partial charge in [0.25, 0.3) is 0 Å². The molecular weight excluding hydrogens is 298 g/mol. The predicted molar refractivity (Wildman–Crippen MR) is 98.3 cm³/mol. The van der Waals surface area contributed by atoms with E-state index >= 15 is 0 Å². The monoisotopic (exact) mass is 319 g/mol. The lowest BCUT2D eigenvalue weighted by Gasteiger charge is -2.09. The second-order valence-corrected chi connectivity index (χ2v) is 5.51. The Balaban J connectivity index is 1.41. The van der Waals surface area contributed by atoms with Crippen molar-refractivity contribution in [3.8, 4) is 22.6 Å². The van der Waals surface area contributed by atoms with E-state index < -0.39 is 0 Å². The molecule has 0 amide bonds. The Hall–Kier alpha value is -2.94. The first-order valence-electron chi connectivity index (χ1n) is 8.08. The smallest absolute Gasteiger partial charge is 0.119 e. The lowest BCUT2D eigenvalue weighted by molar-refractivity contribution is 0.247. The lowest BCUT2D eigenvalue weighted by Crippen LogP contribution is -2.05. The zero-order valence-corrected chi connectivity index (χ0v) is 13.5. The molecule has 3 aromatic rings. The van der Waals surface area contributed by atoms with Crippen LogP contribution in [0.2, 0.25) is 0 Å². The van der Waals surface area contributed by atoms with Gasteiger partial charge in [-0.15, -0.1) is 0 Å². The zero-order chi connectivity index (χ0) is 16.6. The van der Waals surface area contributed by atoms with Gasteiger partial charge < -0.3 is 15.2 Å². The van der Waals surface area contributed by atoms with Crippen LogP contribution in [0.4, 0.5) is 5.69 Å². The number of nitrogen functional groups attached to an aromatic ring is 1. The van der Waals surface area contributed by atoms with Crippen molar-refractivity contribution in [2.45, 2.75) is 6.42 Å². The summed E-state index contributed by atoms with van der Waals surface area (Å²) >= 11 is 0. The zero-order valence-electron chi connectivity index (χ0n) is 13.5. The minimum atomic E-state index is 0.617. The average molecular weight is 319 g/mol. The maximum absolute atomic E-state index is 5.75. The Labute approximate surface area is 142 Å². The van der Waals surface area contributed by atoms with E-state index in [0.717, 1.165) is 23.6 Å². The van der Waals surface area contributed by atoms with Crippen LogP contribution >= 0.6 is 0 Å². The number of benzene rings is 3. The Bertz CT molecular complexity index is 737. The maximum atomic E-state index is 5.75. The molecule has 0 bridgehead atoms. The van der Waals surface area contributed by atoms with Crippen molar-refractivity contribution in [1.29, 1.82) is 0 Å². The third-order valence-corrected chi connectivity index (χ3v) is 3.67. The molecule has 0 aliphatic rings. The second kappa shape index (κ2) is 8.06. The van der Waals surface area contributed by atoms with E-state index in [2.05, 4.69) is 24.3 Å². The largest absolute Gasteiger partial charge is 0.493 e. The van der Waals surface area contributed by atoms with Crippen molar-refractivity contribution in [2.75, 3.05) is 18.9 Å². The molecule has 3 rings (SSSR count). The predicted octanol–water partition coefficient (Wildman–Crippen LogP) is 4.78. The summed E-state index contributed by atoms with van der Waals surface area (Å²) in [6, 6.07) is 25.9. The molecule has 0 aliphatic heterocycles. The van der Waals surface area contributed by atoms with Gasteiger partial charge >= 0.3 is 0 Å². The molecule has 0 spiro atoms. The summed E-state index contributed by atoms with van der Waals surface area (Å²) in [4.78, 5) is 0. The van der Waals surface area contributed by atoms with Crippen LogP contribution in [0.15, 0.2) is 78.9 Å². The van der Waals surface area contributed by atoms with Gasteiger partial charge in [-0.3, -0.25) is 0 Å². The van der Waals surface area contributed by atoms with E-state index in [0.29, 0.717) is 13.2 Å². The van der Waals surface area contributed by atoms with Crippen molar-refractivity contribution < 1.29 is 9.47 Å². The first kappa shape index (κ1) is 15.9. The molecule has 0 saturated heterocycles. The van der Waals surface area contributed by atoms with E-state index in [1.54, 1.807) is 0 Å². The fourth-order valence-electron chi connectivity index (χ4n) is 2.38. The van der Waals surface area contributed by atoms with Crippen LogP contribution in [0.5, 0.6) is 11.5 Å². The Kier molecular flexibility index (Phi) is 5.36. The molecule has 3 aromatic carbocycles. The van der Waals surface area contributed by atoms with Crippen molar-refractivity contribution in [3.05, 3.63) is 78.9 Å². The lowest BCUT2D eigenvalue weighted by atomic mass is 10.1. The van der Waals surface area contributed by atoms with E-state index in [4.69, 9.17) is 15.2 Å². The molecule has 0 fully saturated rings. The third kappa shape index (κ3) is 4.53. The molecule has 0 aliphatic carbocycles. The van der Waals surface area contributed by atoms with Crippen LogP contribution in [-0.4, -0.2) is 13.2 Å². The normalized spacial score (nSPS) is 10.3. The molecular formula is C21H21NO2. The van der Waals surface area contributed by atoms with E-state index in [-0.39, 0.29) is 0 Å². The quantitative estimate of drug-likeness (QED) is 0.503. The van der Waals surface area contributed by atoms with Crippen LogP contribution in [0, 0.1) is 0 Å². The number of rotatable bonds is 7. The van der Waals surface area contributed by atoms with Gasteiger partial charge in [0.1, 0.15) is 11.5 Å². The number of hydrogen-bond acceptors (Lipinski definition) is 3. The standard InChI is InChI=1S/C21H21NO2/c22-19-9-13-21(14-10-19)24-16-4-15-23-20-11-7-18(8-12-20)17-5-2-1-3-6-17/h1-3,5-14H,4,15-16,22H2. The molecule has 0 radical (unpaired) electrons. The van der Waals surface area contributed by atoms with Crippen LogP contribution in [-0.2, 0) is 0 Å². The fraction of sp³-hybridized carbons (Fsp3) is 0.143. The molecule has 24 heavy (non-hydrogen) atoms. The molecule has 0 atom stereocenters. The van der Waals surface area contributed by atoms with Gasteiger partial charge in [0, 0.05) is 12.1 Å². The second-order valence-electron chi connectivity index (χ2n) is 5.51. The summed E-state index contributed by atoms with van der Waals surface area (Å²) in [6.45, 7) is 1.24. The maximum Gasteiger partial charge on any atom is 0.119 e. The van der Waals surface area contributed by atoms with Crippen molar-refractivity contribution >= 4 is 5.69 Å². The van der Waals surface area contributed by atoms with Gasteiger partial charge in [0.2, 0.25) is 0 Å². The highest BCUT2D eigenvalue weighted by atomic mass is 16.5. The summed E-state index contributed by atoms with van der Waals surface area (Å²) in [5, 5.41) is 0. The number of ether oxygens (including phenoxy) is 2. The first-order chi connectivity index (χ1) is 11.8. The summed E-state index contributed by atoms with van der Waals surface area (Å²) in [5.74, 6) is 1.71. The highest BCUT2D eigenvalue weighted by molar-refractivity contribution is 5.63. The number of hydrogen-bond donors (Lipinski definition) is 1. The van der Waals surface area contributed by atoms with Crippen molar-refractivity contribution in [1.82, 2.24) is 0 Å².